The SMILES string of the molecule is CCCNC(=O)C[NH+](C)Cn1nc(C)n(-c2ccc(C)cc2)c1=S. The number of carbonyl (C=O) groups excluding carboxylic acids is 1. The summed E-state index contributed by atoms with van der Waals surface area (Å²) >= 11 is 5.58. The topological polar surface area (TPSA) is 56.3 Å². The normalized spacial score (nSPS) is 12.2. The summed E-state index contributed by atoms with van der Waals surface area (Å²) in [4.78, 5) is 12.9. The Morgan fingerprint density at radius 1 is 1.29 bits per heavy atom. The first-order valence-electron chi connectivity index (χ1n) is 8.24. The van der Waals surface area contributed by atoms with Crippen LogP contribution in [0.5, 0.6) is 0 Å². The minimum absolute atomic E-state index is 0.0514. The number of aryl methyl sites for hydroxylation is 2. The molecule has 0 bridgehead atoms. The van der Waals surface area contributed by atoms with Gasteiger partial charge in [-0.15, -0.1) is 0 Å². The van der Waals surface area contributed by atoms with Crippen LogP contribution in [0.25, 0.3) is 5.69 Å². The van der Waals surface area contributed by atoms with E-state index in [4.69, 9.17) is 12.2 Å². The van der Waals surface area contributed by atoms with Gasteiger partial charge in [-0.2, -0.15) is 9.78 Å². The lowest BCUT2D eigenvalue weighted by molar-refractivity contribution is -0.895. The van der Waals surface area contributed by atoms with E-state index in [-0.39, 0.29) is 5.91 Å². The minimum atomic E-state index is 0.0514. The smallest absolute Gasteiger partial charge is 0.275 e. The molecule has 24 heavy (non-hydrogen) atoms. The molecular weight excluding hydrogens is 322 g/mol. The van der Waals surface area contributed by atoms with Gasteiger partial charge in [-0.05, 0) is 44.6 Å². The van der Waals surface area contributed by atoms with Crippen LogP contribution in [0.1, 0.15) is 24.7 Å². The summed E-state index contributed by atoms with van der Waals surface area (Å²) in [5, 5.41) is 7.43. The Hall–Kier alpha value is -1.99. The molecule has 0 spiro atoms. The van der Waals surface area contributed by atoms with E-state index in [1.54, 1.807) is 4.68 Å². The van der Waals surface area contributed by atoms with Gasteiger partial charge in [-0.3, -0.25) is 9.36 Å². The van der Waals surface area contributed by atoms with Crippen molar-refractivity contribution in [3.8, 4) is 5.69 Å². The first-order chi connectivity index (χ1) is 11.4. The third kappa shape index (κ3) is 4.52. The molecule has 1 aromatic heterocycles. The summed E-state index contributed by atoms with van der Waals surface area (Å²) in [5.41, 5.74) is 2.21. The second-order valence-electron chi connectivity index (χ2n) is 6.14. The molecule has 2 rings (SSSR count). The fraction of sp³-hybridized carbons (Fsp3) is 0.471. The molecule has 0 fully saturated rings. The van der Waals surface area contributed by atoms with Crippen molar-refractivity contribution in [2.45, 2.75) is 33.9 Å². The van der Waals surface area contributed by atoms with Crippen LogP contribution >= 0.6 is 12.2 Å². The van der Waals surface area contributed by atoms with E-state index in [9.17, 15) is 4.79 Å². The van der Waals surface area contributed by atoms with Gasteiger partial charge in [0.1, 0.15) is 5.82 Å². The number of hydrogen-bond acceptors (Lipinski definition) is 3. The Morgan fingerprint density at radius 2 is 1.96 bits per heavy atom. The number of quaternary nitrogens is 1. The first kappa shape index (κ1) is 18.4. The first-order valence-corrected chi connectivity index (χ1v) is 8.64. The number of likely N-dealkylation sites (N-methyl/N-ethyl adjacent to an activating group) is 1. The lowest BCUT2D eigenvalue weighted by Crippen LogP contribution is -3.09. The Bertz CT molecular complexity index is 747. The van der Waals surface area contributed by atoms with Gasteiger partial charge in [0.05, 0.1) is 7.05 Å². The highest BCUT2D eigenvalue weighted by Gasteiger charge is 2.14. The largest absolute Gasteiger partial charge is 0.351 e. The lowest BCUT2D eigenvalue weighted by Gasteiger charge is -2.13. The van der Waals surface area contributed by atoms with Gasteiger partial charge in [0.25, 0.3) is 5.91 Å². The minimum Gasteiger partial charge on any atom is -0.351 e. The highest BCUT2D eigenvalue weighted by molar-refractivity contribution is 7.71. The van der Waals surface area contributed by atoms with Gasteiger partial charge in [0.2, 0.25) is 4.77 Å². The molecule has 7 heteroatoms. The zero-order chi connectivity index (χ0) is 17.7. The summed E-state index contributed by atoms with van der Waals surface area (Å²) < 4.78 is 4.39. The molecule has 0 aliphatic carbocycles. The second kappa shape index (κ2) is 8.21. The third-order valence-corrected chi connectivity index (χ3v) is 4.14. The van der Waals surface area contributed by atoms with E-state index in [2.05, 4.69) is 29.5 Å². The molecule has 1 aromatic carbocycles. The Balaban J connectivity index is 2.12. The fourth-order valence-electron chi connectivity index (χ4n) is 2.52. The number of hydrogen-bond donors (Lipinski definition) is 2. The monoisotopic (exact) mass is 348 g/mol. The van der Waals surface area contributed by atoms with Crippen LogP contribution in [0.3, 0.4) is 0 Å². The second-order valence-corrected chi connectivity index (χ2v) is 6.51. The van der Waals surface area contributed by atoms with E-state index in [0.717, 1.165) is 22.8 Å². The van der Waals surface area contributed by atoms with Gasteiger partial charge in [-0.1, -0.05) is 24.6 Å². The maximum atomic E-state index is 11.8. The van der Waals surface area contributed by atoms with Crippen molar-refractivity contribution in [1.82, 2.24) is 19.7 Å². The van der Waals surface area contributed by atoms with Crippen LogP contribution in [0.15, 0.2) is 24.3 Å². The molecule has 0 saturated carbocycles. The number of benzene rings is 1. The van der Waals surface area contributed by atoms with Crippen molar-refractivity contribution < 1.29 is 9.69 Å². The lowest BCUT2D eigenvalue weighted by atomic mass is 10.2. The van der Waals surface area contributed by atoms with Crippen LogP contribution in [-0.4, -0.2) is 40.4 Å². The third-order valence-electron chi connectivity index (χ3n) is 3.75. The zero-order valence-electron chi connectivity index (χ0n) is 14.8. The van der Waals surface area contributed by atoms with Crippen LogP contribution < -0.4 is 10.2 Å². The molecule has 1 atom stereocenters. The molecule has 6 nitrogen and oxygen atoms in total. The number of rotatable bonds is 7. The van der Waals surface area contributed by atoms with E-state index in [1.165, 1.54) is 5.56 Å². The van der Waals surface area contributed by atoms with Crippen molar-refractivity contribution in [2.24, 2.45) is 0 Å². The summed E-state index contributed by atoms with van der Waals surface area (Å²) in [6.07, 6.45) is 0.940. The summed E-state index contributed by atoms with van der Waals surface area (Å²) in [7, 11) is 1.97. The molecule has 0 saturated heterocycles. The van der Waals surface area contributed by atoms with Gasteiger partial charge >= 0.3 is 0 Å². The maximum Gasteiger partial charge on any atom is 0.275 e. The molecule has 2 aromatic rings. The Labute approximate surface area is 148 Å². The number of amides is 1. The number of nitrogens with zero attached hydrogens (tertiary/aromatic N) is 3. The van der Waals surface area contributed by atoms with Gasteiger partial charge in [0.15, 0.2) is 13.2 Å². The van der Waals surface area contributed by atoms with Gasteiger partial charge in [-0.25, -0.2) is 0 Å². The molecule has 130 valence electrons. The van der Waals surface area contributed by atoms with Gasteiger partial charge < -0.3 is 10.2 Å². The standard InChI is InChI=1S/C17H25N5OS/c1-5-10-18-16(23)11-20(4)12-21-17(24)22(14(3)19-21)15-8-6-13(2)7-9-15/h6-9H,5,10-12H2,1-4H3,(H,18,23)/p+1. The highest BCUT2D eigenvalue weighted by atomic mass is 32.1. The highest BCUT2D eigenvalue weighted by Crippen LogP contribution is 2.12. The molecule has 0 aliphatic rings. The van der Waals surface area contributed by atoms with E-state index in [0.29, 0.717) is 24.5 Å². The van der Waals surface area contributed by atoms with Crippen molar-refractivity contribution >= 4 is 18.1 Å². The predicted molar refractivity (Wildman–Crippen MR) is 96.9 cm³/mol. The molecule has 1 unspecified atom stereocenters. The van der Waals surface area contributed by atoms with E-state index in [1.807, 2.05) is 37.6 Å². The van der Waals surface area contributed by atoms with E-state index < -0.39 is 0 Å². The number of nitrogens with one attached hydrogen (secondary N) is 2. The van der Waals surface area contributed by atoms with Crippen molar-refractivity contribution in [1.29, 1.82) is 0 Å². The van der Waals surface area contributed by atoms with E-state index >= 15 is 0 Å². The molecule has 2 N–H and O–H groups in total. The number of carbonyl (C=O) groups is 1. The van der Waals surface area contributed by atoms with Crippen molar-refractivity contribution in [3.63, 3.8) is 0 Å². The average molecular weight is 348 g/mol. The Kier molecular flexibility index (Phi) is 6.28. The zero-order valence-corrected chi connectivity index (χ0v) is 15.6. The summed E-state index contributed by atoms with van der Waals surface area (Å²) in [5.74, 6) is 0.891. The van der Waals surface area contributed by atoms with Crippen LogP contribution in [-0.2, 0) is 11.5 Å². The quantitative estimate of drug-likeness (QED) is 0.735. The van der Waals surface area contributed by atoms with Crippen molar-refractivity contribution in [3.05, 3.63) is 40.4 Å². The molecule has 0 aliphatic heterocycles. The predicted octanol–water partition coefficient (Wildman–Crippen LogP) is 1.02. The van der Waals surface area contributed by atoms with Crippen LogP contribution in [0, 0.1) is 18.6 Å². The molecule has 1 amide bonds. The number of aromatic nitrogens is 3. The van der Waals surface area contributed by atoms with Crippen LogP contribution in [0.4, 0.5) is 0 Å². The maximum absolute atomic E-state index is 11.8. The molecular formula is C17H26N5OS+. The summed E-state index contributed by atoms with van der Waals surface area (Å²) in [6, 6.07) is 8.20. The fourth-order valence-corrected chi connectivity index (χ4v) is 2.87. The van der Waals surface area contributed by atoms with Gasteiger partial charge in [0, 0.05) is 12.2 Å². The Morgan fingerprint density at radius 3 is 2.58 bits per heavy atom. The van der Waals surface area contributed by atoms with Crippen LogP contribution in [0.2, 0.25) is 0 Å². The molecule has 1 heterocycles. The molecule has 0 radical (unpaired) electrons. The average Bonchev–Trinajstić information content (AvgIpc) is 2.80. The van der Waals surface area contributed by atoms with Crippen molar-refractivity contribution in [2.75, 3.05) is 20.1 Å². The summed E-state index contributed by atoms with van der Waals surface area (Å²) in [6.45, 7) is 7.70.